The van der Waals surface area contributed by atoms with Crippen molar-refractivity contribution in [3.05, 3.63) is 83.6 Å². The minimum atomic E-state index is -0.667. The summed E-state index contributed by atoms with van der Waals surface area (Å²) >= 11 is 0. The molecule has 0 amide bonds. The molecule has 2 heterocycles. The molecule has 2 aromatic carbocycles. The van der Waals surface area contributed by atoms with Gasteiger partial charge in [0, 0.05) is 23.9 Å². The van der Waals surface area contributed by atoms with Crippen LogP contribution in [0.15, 0.2) is 55.2 Å². The van der Waals surface area contributed by atoms with Crippen LogP contribution in [-0.4, -0.2) is 11.6 Å². The van der Waals surface area contributed by atoms with Crippen molar-refractivity contribution in [3.8, 4) is 16.9 Å². The number of aryl methyl sites for hydroxylation is 1. The van der Waals surface area contributed by atoms with Crippen LogP contribution in [0.5, 0.6) is 5.75 Å². The molecule has 0 saturated heterocycles. The molecule has 3 aromatic rings. The average Bonchev–Trinajstić information content (AvgIpc) is 3.09. The fourth-order valence-electron chi connectivity index (χ4n) is 3.27. The van der Waals surface area contributed by atoms with Crippen LogP contribution in [0.3, 0.4) is 0 Å². The van der Waals surface area contributed by atoms with Gasteiger partial charge in [-0.15, -0.1) is 0 Å². The molecule has 0 fully saturated rings. The van der Waals surface area contributed by atoms with Crippen LogP contribution >= 0.6 is 0 Å². The van der Waals surface area contributed by atoms with E-state index in [0.717, 1.165) is 28.9 Å². The van der Waals surface area contributed by atoms with Crippen molar-refractivity contribution in [2.45, 2.75) is 13.3 Å². The lowest BCUT2D eigenvalue weighted by molar-refractivity contribution is 0.356. The van der Waals surface area contributed by atoms with Crippen molar-refractivity contribution >= 4 is 11.5 Å². The minimum absolute atomic E-state index is 0.122. The molecule has 5 heteroatoms. The van der Waals surface area contributed by atoms with Gasteiger partial charge >= 0.3 is 0 Å². The highest BCUT2D eigenvalue weighted by Gasteiger charge is 2.16. The molecule has 4 rings (SSSR count). The van der Waals surface area contributed by atoms with E-state index in [1.165, 1.54) is 23.8 Å². The Morgan fingerprint density at radius 1 is 1.15 bits per heavy atom. The number of anilines is 1. The highest BCUT2D eigenvalue weighted by atomic mass is 19.1. The Hall–Kier alpha value is -3.21. The van der Waals surface area contributed by atoms with Crippen LogP contribution in [0.2, 0.25) is 0 Å². The number of rotatable bonds is 4. The third-order valence-electron chi connectivity index (χ3n) is 4.65. The number of aromatic nitrogens is 1. The number of nitrogens with one attached hydrogen (secondary N) is 1. The van der Waals surface area contributed by atoms with Gasteiger partial charge in [-0.25, -0.2) is 13.8 Å². The van der Waals surface area contributed by atoms with E-state index in [4.69, 9.17) is 4.74 Å². The molecule has 0 bridgehead atoms. The van der Waals surface area contributed by atoms with Crippen LogP contribution in [0.1, 0.15) is 16.7 Å². The SMILES string of the molecule is C=C(Nc1ccc(-c2cc3c(cc2C)OCC3)cn1)c1c(F)cccc1F. The van der Waals surface area contributed by atoms with Gasteiger partial charge in [-0.1, -0.05) is 12.6 Å². The number of pyridine rings is 1. The maximum absolute atomic E-state index is 13.9. The second-order valence-corrected chi connectivity index (χ2v) is 6.51. The Morgan fingerprint density at radius 2 is 1.93 bits per heavy atom. The number of halogens is 2. The van der Waals surface area contributed by atoms with Gasteiger partial charge in [-0.05, 0) is 60.0 Å². The van der Waals surface area contributed by atoms with Crippen molar-refractivity contribution in [2.75, 3.05) is 11.9 Å². The number of hydrogen-bond donors (Lipinski definition) is 1. The second-order valence-electron chi connectivity index (χ2n) is 6.51. The lowest BCUT2D eigenvalue weighted by atomic mass is 9.98. The van der Waals surface area contributed by atoms with E-state index in [1.54, 1.807) is 12.3 Å². The predicted molar refractivity (Wildman–Crippen MR) is 103 cm³/mol. The summed E-state index contributed by atoms with van der Waals surface area (Å²) in [6.07, 6.45) is 2.64. The van der Waals surface area contributed by atoms with E-state index >= 15 is 0 Å². The van der Waals surface area contributed by atoms with Crippen molar-refractivity contribution in [2.24, 2.45) is 0 Å². The van der Waals surface area contributed by atoms with Gasteiger partial charge in [-0.2, -0.15) is 0 Å². The summed E-state index contributed by atoms with van der Waals surface area (Å²) in [4.78, 5) is 4.37. The van der Waals surface area contributed by atoms with Crippen LogP contribution < -0.4 is 10.1 Å². The van der Waals surface area contributed by atoms with Crippen LogP contribution in [0, 0.1) is 18.6 Å². The smallest absolute Gasteiger partial charge is 0.135 e. The minimum Gasteiger partial charge on any atom is -0.493 e. The fraction of sp³-hybridized carbons (Fsp3) is 0.136. The fourth-order valence-corrected chi connectivity index (χ4v) is 3.27. The quantitative estimate of drug-likeness (QED) is 0.677. The van der Waals surface area contributed by atoms with Crippen LogP contribution in [0.25, 0.3) is 16.8 Å². The largest absolute Gasteiger partial charge is 0.493 e. The molecule has 0 saturated carbocycles. The first-order valence-electron chi connectivity index (χ1n) is 8.66. The van der Waals surface area contributed by atoms with E-state index in [2.05, 4.69) is 22.9 Å². The highest BCUT2D eigenvalue weighted by molar-refractivity contribution is 5.76. The van der Waals surface area contributed by atoms with E-state index < -0.39 is 11.6 Å². The molecular weight excluding hydrogens is 346 g/mol. The average molecular weight is 364 g/mol. The van der Waals surface area contributed by atoms with Gasteiger partial charge in [0.15, 0.2) is 0 Å². The third kappa shape index (κ3) is 3.28. The summed E-state index contributed by atoms with van der Waals surface area (Å²) in [5, 5.41) is 2.87. The molecular formula is C22H18F2N2O. The Morgan fingerprint density at radius 3 is 2.63 bits per heavy atom. The molecule has 1 aromatic heterocycles. The zero-order valence-corrected chi connectivity index (χ0v) is 14.9. The Bertz CT molecular complexity index is 1010. The first-order chi connectivity index (χ1) is 13.0. The van der Waals surface area contributed by atoms with Gasteiger partial charge in [-0.3, -0.25) is 0 Å². The Kier molecular flexibility index (Phi) is 4.36. The number of benzene rings is 2. The maximum atomic E-state index is 13.9. The molecule has 27 heavy (non-hydrogen) atoms. The molecule has 0 spiro atoms. The molecule has 3 nitrogen and oxygen atoms in total. The lowest BCUT2D eigenvalue weighted by Gasteiger charge is -2.12. The van der Waals surface area contributed by atoms with Gasteiger partial charge in [0.25, 0.3) is 0 Å². The first-order valence-corrected chi connectivity index (χ1v) is 8.66. The first kappa shape index (κ1) is 17.2. The molecule has 0 radical (unpaired) electrons. The van der Waals surface area contributed by atoms with Crippen LogP contribution in [0.4, 0.5) is 14.6 Å². The summed E-state index contributed by atoms with van der Waals surface area (Å²) in [6.45, 7) is 6.48. The molecule has 1 aliphatic rings. The molecule has 136 valence electrons. The molecule has 0 atom stereocenters. The van der Waals surface area contributed by atoms with E-state index in [1.807, 2.05) is 19.1 Å². The van der Waals surface area contributed by atoms with Gasteiger partial charge < -0.3 is 10.1 Å². The van der Waals surface area contributed by atoms with Gasteiger partial charge in [0.2, 0.25) is 0 Å². The molecule has 0 aliphatic carbocycles. The Labute approximate surface area is 156 Å². The zero-order valence-electron chi connectivity index (χ0n) is 14.9. The lowest BCUT2D eigenvalue weighted by Crippen LogP contribution is -2.04. The number of ether oxygens (including phenoxy) is 1. The number of nitrogens with zero attached hydrogens (tertiary/aromatic N) is 1. The molecule has 1 aliphatic heterocycles. The summed E-state index contributed by atoms with van der Waals surface area (Å²) < 4.78 is 33.3. The Balaban J connectivity index is 1.57. The van der Waals surface area contributed by atoms with Crippen molar-refractivity contribution < 1.29 is 13.5 Å². The van der Waals surface area contributed by atoms with Crippen molar-refractivity contribution in [1.29, 1.82) is 0 Å². The molecule has 1 N–H and O–H groups in total. The van der Waals surface area contributed by atoms with Crippen molar-refractivity contribution in [3.63, 3.8) is 0 Å². The van der Waals surface area contributed by atoms with E-state index in [0.29, 0.717) is 12.4 Å². The summed E-state index contributed by atoms with van der Waals surface area (Å²) in [5.74, 6) is 0.0828. The number of fused-ring (bicyclic) bond motifs is 1. The standard InChI is InChI=1S/C22H18F2N2O/c1-13-10-20-15(8-9-27-20)11-17(13)16-6-7-21(25-12-16)26-14(2)22-18(23)4-3-5-19(22)24/h3-7,10-12H,2,8-9H2,1H3,(H,25,26). The summed E-state index contributed by atoms with van der Waals surface area (Å²) in [5.41, 5.74) is 4.31. The molecule has 0 unspecified atom stereocenters. The van der Waals surface area contributed by atoms with Crippen LogP contribution in [-0.2, 0) is 6.42 Å². The van der Waals surface area contributed by atoms with Crippen molar-refractivity contribution in [1.82, 2.24) is 4.98 Å². The topological polar surface area (TPSA) is 34.1 Å². The normalized spacial score (nSPS) is 12.4. The predicted octanol–water partition coefficient (Wildman–Crippen LogP) is 5.35. The maximum Gasteiger partial charge on any atom is 0.135 e. The summed E-state index contributed by atoms with van der Waals surface area (Å²) in [6, 6.07) is 11.6. The second kappa shape index (κ2) is 6.83. The monoisotopic (exact) mass is 364 g/mol. The van der Waals surface area contributed by atoms with E-state index in [-0.39, 0.29) is 11.3 Å². The zero-order chi connectivity index (χ0) is 19.0. The van der Waals surface area contributed by atoms with Gasteiger partial charge in [0.1, 0.15) is 23.2 Å². The summed E-state index contributed by atoms with van der Waals surface area (Å²) in [7, 11) is 0. The van der Waals surface area contributed by atoms with Gasteiger partial charge in [0.05, 0.1) is 12.2 Å². The highest BCUT2D eigenvalue weighted by Crippen LogP contribution is 2.33. The van der Waals surface area contributed by atoms with E-state index in [9.17, 15) is 8.78 Å². The number of hydrogen-bond acceptors (Lipinski definition) is 3. The third-order valence-corrected chi connectivity index (χ3v) is 4.65.